The number of hydrogen-bond donors (Lipinski definition) is 1. The molecule has 0 radical (unpaired) electrons. The third-order valence-electron chi connectivity index (χ3n) is 4.24. The second kappa shape index (κ2) is 6.74. The number of oxazole rings is 1. The molecular formula is C17H19N3O4. The molecule has 2 heterocycles. The van der Waals surface area contributed by atoms with Gasteiger partial charge in [-0.05, 0) is 19.1 Å². The Morgan fingerprint density at radius 3 is 2.71 bits per heavy atom. The lowest BCUT2D eigenvalue weighted by Crippen LogP contribution is -2.33. The Morgan fingerprint density at radius 2 is 2.08 bits per heavy atom. The van der Waals surface area contributed by atoms with Crippen LogP contribution in [0.2, 0.25) is 0 Å². The van der Waals surface area contributed by atoms with Crippen molar-refractivity contribution in [1.82, 2.24) is 9.88 Å². The number of rotatable bonds is 5. The molecule has 0 saturated carbocycles. The summed E-state index contributed by atoms with van der Waals surface area (Å²) in [5.74, 6) is -0.394. The molecule has 0 bridgehead atoms. The molecule has 1 aromatic heterocycles. The van der Waals surface area contributed by atoms with Crippen LogP contribution >= 0.6 is 0 Å². The molecule has 0 aliphatic carbocycles. The number of nitrogens with zero attached hydrogens (tertiary/aromatic N) is 2. The maximum absolute atomic E-state index is 12.5. The van der Waals surface area contributed by atoms with Gasteiger partial charge in [0.25, 0.3) is 5.91 Å². The summed E-state index contributed by atoms with van der Waals surface area (Å²) in [6, 6.07) is 9.33. The molecule has 1 aromatic carbocycles. The van der Waals surface area contributed by atoms with E-state index in [2.05, 4.69) is 4.98 Å². The van der Waals surface area contributed by atoms with E-state index in [1.54, 1.807) is 11.8 Å². The smallest absolute Gasteiger partial charge is 0.291 e. The number of benzene rings is 1. The fourth-order valence-electron chi connectivity index (χ4n) is 2.90. The van der Waals surface area contributed by atoms with Gasteiger partial charge in [0.15, 0.2) is 6.39 Å². The van der Waals surface area contributed by atoms with E-state index < -0.39 is 11.8 Å². The number of carbonyl (C=O) groups is 2. The van der Waals surface area contributed by atoms with Crippen LogP contribution in [0.1, 0.15) is 16.2 Å². The van der Waals surface area contributed by atoms with Crippen molar-refractivity contribution in [1.29, 1.82) is 0 Å². The highest BCUT2D eigenvalue weighted by Crippen LogP contribution is 2.26. The van der Waals surface area contributed by atoms with Gasteiger partial charge in [-0.25, -0.2) is 4.98 Å². The highest BCUT2D eigenvalue weighted by molar-refractivity contribution is 5.93. The standard InChI is InChI=1S/C17H19N3O4/c1-11-15(24-10-19-11)17(22)20-7-12(14(8-20)16(18)21)9-23-13-5-3-2-4-6-13/h2-6,10,12,14H,7-9H2,1H3,(H2,18,21)/t12-,14+/m0/s1. The van der Waals surface area contributed by atoms with Gasteiger partial charge in [-0.1, -0.05) is 18.2 Å². The van der Waals surface area contributed by atoms with E-state index in [4.69, 9.17) is 14.9 Å². The summed E-state index contributed by atoms with van der Waals surface area (Å²) in [7, 11) is 0. The minimum Gasteiger partial charge on any atom is -0.493 e. The van der Waals surface area contributed by atoms with Crippen LogP contribution in [-0.2, 0) is 4.79 Å². The zero-order valence-corrected chi connectivity index (χ0v) is 13.3. The minimum absolute atomic E-state index is 0.158. The van der Waals surface area contributed by atoms with Crippen molar-refractivity contribution >= 4 is 11.8 Å². The van der Waals surface area contributed by atoms with Crippen LogP contribution in [0.15, 0.2) is 41.1 Å². The summed E-state index contributed by atoms with van der Waals surface area (Å²) in [4.78, 5) is 29.8. The highest BCUT2D eigenvalue weighted by Gasteiger charge is 2.40. The first-order chi connectivity index (χ1) is 11.6. The summed E-state index contributed by atoms with van der Waals surface area (Å²) < 4.78 is 10.9. The van der Waals surface area contributed by atoms with Gasteiger partial charge in [0.05, 0.1) is 18.2 Å². The maximum Gasteiger partial charge on any atom is 0.291 e. The van der Waals surface area contributed by atoms with E-state index in [0.717, 1.165) is 5.75 Å². The minimum atomic E-state index is -0.444. The molecule has 2 atom stereocenters. The molecule has 1 saturated heterocycles. The van der Waals surface area contributed by atoms with Gasteiger partial charge in [-0.2, -0.15) is 0 Å². The molecule has 3 rings (SSSR count). The molecule has 2 aromatic rings. The van der Waals surface area contributed by atoms with Crippen LogP contribution in [-0.4, -0.2) is 41.4 Å². The Balaban J connectivity index is 1.69. The third-order valence-corrected chi connectivity index (χ3v) is 4.24. The van der Waals surface area contributed by atoms with Crippen LogP contribution in [0.3, 0.4) is 0 Å². The molecule has 1 aliphatic heterocycles. The maximum atomic E-state index is 12.5. The van der Waals surface area contributed by atoms with Crippen molar-refractivity contribution < 1.29 is 18.7 Å². The number of nitrogens with two attached hydrogens (primary N) is 1. The van der Waals surface area contributed by atoms with Crippen LogP contribution in [0, 0.1) is 18.8 Å². The summed E-state index contributed by atoms with van der Waals surface area (Å²) >= 11 is 0. The monoisotopic (exact) mass is 329 g/mol. The lowest BCUT2D eigenvalue weighted by Gasteiger charge is -2.16. The number of primary amides is 1. The molecule has 2 amide bonds. The molecule has 24 heavy (non-hydrogen) atoms. The Bertz CT molecular complexity index is 728. The molecule has 1 fully saturated rings. The van der Waals surface area contributed by atoms with Crippen molar-refractivity contribution in [3.63, 3.8) is 0 Å². The van der Waals surface area contributed by atoms with Crippen LogP contribution in [0.25, 0.3) is 0 Å². The molecule has 7 nitrogen and oxygen atoms in total. The van der Waals surface area contributed by atoms with E-state index in [0.29, 0.717) is 18.8 Å². The van der Waals surface area contributed by atoms with E-state index >= 15 is 0 Å². The average Bonchev–Trinajstić information content (AvgIpc) is 3.19. The van der Waals surface area contributed by atoms with Gasteiger partial charge in [0.1, 0.15) is 5.75 Å². The summed E-state index contributed by atoms with van der Waals surface area (Å²) in [5, 5.41) is 0. The second-order valence-electron chi connectivity index (χ2n) is 5.87. The molecule has 126 valence electrons. The SMILES string of the molecule is Cc1ncoc1C(=O)N1C[C@@H](COc2ccccc2)[C@H](C(N)=O)C1. The lowest BCUT2D eigenvalue weighted by atomic mass is 9.96. The van der Waals surface area contributed by atoms with Crippen LogP contribution in [0.5, 0.6) is 5.75 Å². The normalized spacial score (nSPS) is 20.1. The first-order valence-electron chi connectivity index (χ1n) is 7.72. The topological polar surface area (TPSA) is 98.7 Å². The Hall–Kier alpha value is -2.83. The average molecular weight is 329 g/mol. The van der Waals surface area contributed by atoms with E-state index in [9.17, 15) is 9.59 Å². The summed E-state index contributed by atoms with van der Waals surface area (Å²) in [6.07, 6.45) is 1.24. The Kier molecular flexibility index (Phi) is 4.50. The van der Waals surface area contributed by atoms with Crippen LogP contribution in [0.4, 0.5) is 0 Å². The van der Waals surface area contributed by atoms with Gasteiger partial charge in [0.2, 0.25) is 11.7 Å². The van der Waals surface area contributed by atoms with Crippen molar-refractivity contribution in [2.24, 2.45) is 17.6 Å². The van der Waals surface area contributed by atoms with Crippen LogP contribution < -0.4 is 10.5 Å². The molecule has 0 spiro atoms. The number of aromatic nitrogens is 1. The van der Waals surface area contributed by atoms with Gasteiger partial charge in [0, 0.05) is 19.0 Å². The fraction of sp³-hybridized carbons (Fsp3) is 0.353. The Labute approximate surface area is 139 Å². The van der Waals surface area contributed by atoms with Crippen molar-refractivity contribution in [2.75, 3.05) is 19.7 Å². The number of amides is 2. The number of ether oxygens (including phenoxy) is 1. The second-order valence-corrected chi connectivity index (χ2v) is 5.87. The first kappa shape index (κ1) is 16.0. The summed E-state index contributed by atoms with van der Waals surface area (Å²) in [5.41, 5.74) is 6.03. The highest BCUT2D eigenvalue weighted by atomic mass is 16.5. The van der Waals surface area contributed by atoms with Crippen molar-refractivity contribution in [2.45, 2.75) is 6.92 Å². The predicted molar refractivity (Wildman–Crippen MR) is 85.3 cm³/mol. The summed E-state index contributed by atoms with van der Waals surface area (Å²) in [6.45, 7) is 2.67. The van der Waals surface area contributed by atoms with Gasteiger partial charge >= 0.3 is 0 Å². The largest absolute Gasteiger partial charge is 0.493 e. The molecule has 7 heteroatoms. The first-order valence-corrected chi connectivity index (χ1v) is 7.72. The van der Waals surface area contributed by atoms with Crippen molar-refractivity contribution in [3.05, 3.63) is 48.2 Å². The zero-order valence-electron chi connectivity index (χ0n) is 13.3. The van der Waals surface area contributed by atoms with Gasteiger partial charge in [-0.15, -0.1) is 0 Å². The number of aryl methyl sites for hydroxylation is 1. The Morgan fingerprint density at radius 1 is 1.33 bits per heavy atom. The number of hydrogen-bond acceptors (Lipinski definition) is 5. The molecule has 2 N–H and O–H groups in total. The lowest BCUT2D eigenvalue weighted by molar-refractivity contribution is -0.122. The van der Waals surface area contributed by atoms with E-state index in [-0.39, 0.29) is 24.1 Å². The van der Waals surface area contributed by atoms with Crippen molar-refractivity contribution in [3.8, 4) is 5.75 Å². The van der Waals surface area contributed by atoms with Gasteiger partial charge < -0.3 is 19.8 Å². The molecule has 0 unspecified atom stereocenters. The van der Waals surface area contributed by atoms with E-state index in [1.807, 2.05) is 30.3 Å². The van der Waals surface area contributed by atoms with Gasteiger partial charge in [-0.3, -0.25) is 9.59 Å². The zero-order chi connectivity index (χ0) is 17.1. The predicted octanol–water partition coefficient (Wildman–Crippen LogP) is 1.24. The number of para-hydroxylation sites is 1. The fourth-order valence-corrected chi connectivity index (χ4v) is 2.90. The third kappa shape index (κ3) is 3.24. The van der Waals surface area contributed by atoms with E-state index in [1.165, 1.54) is 6.39 Å². The number of likely N-dealkylation sites (tertiary alicyclic amines) is 1. The molecular weight excluding hydrogens is 310 g/mol. The molecule has 1 aliphatic rings. The quantitative estimate of drug-likeness (QED) is 0.889. The number of carbonyl (C=O) groups excluding carboxylic acids is 2.